The molecule has 0 radical (unpaired) electrons. The molecule has 1 aromatic heterocycles. The van der Waals surface area contributed by atoms with Gasteiger partial charge in [0.2, 0.25) is 11.8 Å². The Morgan fingerprint density at radius 3 is 2.26 bits per heavy atom. The van der Waals surface area contributed by atoms with Crippen molar-refractivity contribution < 1.29 is 33.0 Å². The summed E-state index contributed by atoms with van der Waals surface area (Å²) in [5, 5.41) is 13.6. The zero-order valence-electron chi connectivity index (χ0n) is 15.8. The maximum absolute atomic E-state index is 14.3. The van der Waals surface area contributed by atoms with Crippen LogP contribution < -0.4 is 15.4 Å². The minimum atomic E-state index is -1.24. The molecule has 0 aliphatic rings. The fraction of sp³-hybridized carbons (Fsp3) is 0.0476. The van der Waals surface area contributed by atoms with Crippen molar-refractivity contribution in [2.45, 2.75) is 6.42 Å². The number of amides is 2. The van der Waals surface area contributed by atoms with Gasteiger partial charge in [-0.2, -0.15) is 0 Å². The number of anilines is 2. The second-order valence-corrected chi connectivity index (χ2v) is 6.21. The van der Waals surface area contributed by atoms with Crippen LogP contribution in [0.15, 0.2) is 60.8 Å². The molecule has 31 heavy (non-hydrogen) atoms. The lowest BCUT2D eigenvalue weighted by atomic mass is 10.2. The number of nitrogens with zero attached hydrogens (tertiary/aromatic N) is 1. The van der Waals surface area contributed by atoms with Crippen LogP contribution in [0.25, 0.3) is 0 Å². The molecule has 2 amide bonds. The zero-order valence-corrected chi connectivity index (χ0v) is 15.8. The summed E-state index contributed by atoms with van der Waals surface area (Å²) in [6, 6.07) is 11.2. The van der Waals surface area contributed by atoms with Crippen LogP contribution in [-0.4, -0.2) is 27.9 Å². The van der Waals surface area contributed by atoms with Gasteiger partial charge in [-0.05, 0) is 42.5 Å². The lowest BCUT2D eigenvalue weighted by molar-refractivity contribution is -0.123. The molecule has 0 aliphatic heterocycles. The SMILES string of the molecule is O=C(CC(=O)Nc1ccc(Oc2ccnc(C(=O)O)c2)cc1F)Nc1ccc(F)cc1. The van der Waals surface area contributed by atoms with Crippen molar-refractivity contribution in [2.75, 3.05) is 10.6 Å². The number of carboxylic acid groups (broad SMARTS) is 1. The maximum atomic E-state index is 14.3. The van der Waals surface area contributed by atoms with E-state index in [1.54, 1.807) is 0 Å². The average molecular weight is 427 g/mol. The minimum Gasteiger partial charge on any atom is -0.477 e. The van der Waals surface area contributed by atoms with Gasteiger partial charge in [0.15, 0.2) is 5.69 Å². The van der Waals surface area contributed by atoms with Crippen molar-refractivity contribution in [1.82, 2.24) is 4.98 Å². The standard InChI is InChI=1S/C21H15F2N3O5/c22-12-1-3-13(4-2-12)25-19(27)11-20(28)26-17-6-5-14(9-16(17)23)31-15-7-8-24-18(10-15)21(29)30/h1-10H,11H2,(H,25,27)(H,26,28)(H,29,30). The molecule has 158 valence electrons. The van der Waals surface area contributed by atoms with Gasteiger partial charge in [-0.3, -0.25) is 9.59 Å². The Balaban J connectivity index is 1.58. The van der Waals surface area contributed by atoms with E-state index in [4.69, 9.17) is 9.84 Å². The Kier molecular flexibility index (Phi) is 6.51. The van der Waals surface area contributed by atoms with Gasteiger partial charge in [-0.1, -0.05) is 0 Å². The van der Waals surface area contributed by atoms with E-state index in [1.807, 2.05) is 0 Å². The number of benzene rings is 2. The number of carbonyl (C=O) groups is 3. The highest BCUT2D eigenvalue weighted by Gasteiger charge is 2.14. The molecular formula is C21H15F2N3O5. The Labute approximate surface area is 174 Å². The number of ether oxygens (including phenoxy) is 1. The van der Waals surface area contributed by atoms with E-state index < -0.39 is 35.8 Å². The summed E-state index contributed by atoms with van der Waals surface area (Å²) in [5.41, 5.74) is -0.0947. The molecular weight excluding hydrogens is 412 g/mol. The normalized spacial score (nSPS) is 10.3. The van der Waals surface area contributed by atoms with Crippen molar-refractivity contribution in [3.8, 4) is 11.5 Å². The number of carbonyl (C=O) groups excluding carboxylic acids is 2. The maximum Gasteiger partial charge on any atom is 0.354 e. The van der Waals surface area contributed by atoms with Gasteiger partial charge in [0.05, 0.1) is 5.69 Å². The van der Waals surface area contributed by atoms with Crippen LogP contribution in [0.2, 0.25) is 0 Å². The number of pyridine rings is 1. The molecule has 0 fully saturated rings. The molecule has 3 N–H and O–H groups in total. The lowest BCUT2D eigenvalue weighted by Crippen LogP contribution is -2.21. The summed E-state index contributed by atoms with van der Waals surface area (Å²) in [6.45, 7) is 0. The number of nitrogens with one attached hydrogen (secondary N) is 2. The Bertz CT molecular complexity index is 1140. The molecule has 2 aromatic carbocycles. The van der Waals surface area contributed by atoms with Crippen molar-refractivity contribution in [3.63, 3.8) is 0 Å². The molecule has 0 unspecified atom stereocenters. The third-order valence-corrected chi connectivity index (χ3v) is 3.85. The Morgan fingerprint density at radius 1 is 0.903 bits per heavy atom. The number of aromatic carboxylic acids is 1. The topological polar surface area (TPSA) is 118 Å². The van der Waals surface area contributed by atoms with Crippen molar-refractivity contribution >= 4 is 29.2 Å². The molecule has 0 spiro atoms. The van der Waals surface area contributed by atoms with E-state index in [0.717, 1.165) is 18.2 Å². The first-order chi connectivity index (χ1) is 14.8. The first-order valence-corrected chi connectivity index (χ1v) is 8.82. The molecule has 0 saturated heterocycles. The molecule has 3 aromatic rings. The first kappa shape index (κ1) is 21.4. The van der Waals surface area contributed by atoms with Crippen molar-refractivity contribution in [3.05, 3.63) is 78.1 Å². The van der Waals surface area contributed by atoms with E-state index in [-0.39, 0.29) is 22.9 Å². The Morgan fingerprint density at radius 2 is 1.58 bits per heavy atom. The summed E-state index contributed by atoms with van der Waals surface area (Å²) < 4.78 is 32.6. The lowest BCUT2D eigenvalue weighted by Gasteiger charge is -2.10. The highest BCUT2D eigenvalue weighted by molar-refractivity contribution is 6.08. The molecule has 0 bridgehead atoms. The molecule has 0 aliphatic carbocycles. The van der Waals surface area contributed by atoms with Gasteiger partial charge in [-0.25, -0.2) is 18.6 Å². The summed E-state index contributed by atoms with van der Waals surface area (Å²) in [6.07, 6.45) is 0.658. The molecule has 1 heterocycles. The van der Waals surface area contributed by atoms with Crippen LogP contribution in [0.4, 0.5) is 20.2 Å². The third-order valence-electron chi connectivity index (χ3n) is 3.85. The number of hydrogen-bond acceptors (Lipinski definition) is 5. The van der Waals surface area contributed by atoms with Crippen LogP contribution in [0.5, 0.6) is 11.5 Å². The molecule has 0 saturated carbocycles. The van der Waals surface area contributed by atoms with Gasteiger partial charge < -0.3 is 20.5 Å². The smallest absolute Gasteiger partial charge is 0.354 e. The van der Waals surface area contributed by atoms with Crippen LogP contribution in [0.3, 0.4) is 0 Å². The molecule has 10 heteroatoms. The fourth-order valence-electron chi connectivity index (χ4n) is 2.47. The summed E-state index contributed by atoms with van der Waals surface area (Å²) in [4.78, 5) is 38.5. The van der Waals surface area contributed by atoms with E-state index in [2.05, 4.69) is 15.6 Å². The van der Waals surface area contributed by atoms with Crippen molar-refractivity contribution in [1.29, 1.82) is 0 Å². The first-order valence-electron chi connectivity index (χ1n) is 8.82. The van der Waals surface area contributed by atoms with E-state index in [0.29, 0.717) is 5.69 Å². The summed E-state index contributed by atoms with van der Waals surface area (Å²) in [7, 11) is 0. The fourth-order valence-corrected chi connectivity index (χ4v) is 2.47. The van der Waals surface area contributed by atoms with E-state index >= 15 is 0 Å². The van der Waals surface area contributed by atoms with Crippen LogP contribution >= 0.6 is 0 Å². The highest BCUT2D eigenvalue weighted by atomic mass is 19.1. The van der Waals surface area contributed by atoms with Gasteiger partial charge in [0.1, 0.15) is 29.6 Å². The van der Waals surface area contributed by atoms with Gasteiger partial charge in [0, 0.05) is 24.0 Å². The second-order valence-electron chi connectivity index (χ2n) is 6.21. The predicted octanol–water partition coefficient (Wildman–Crippen LogP) is 3.82. The van der Waals surface area contributed by atoms with Crippen molar-refractivity contribution in [2.24, 2.45) is 0 Å². The number of rotatable bonds is 7. The minimum absolute atomic E-state index is 0.0621. The van der Waals surface area contributed by atoms with Gasteiger partial charge >= 0.3 is 5.97 Å². The van der Waals surface area contributed by atoms with E-state index in [1.165, 1.54) is 42.6 Å². The predicted molar refractivity (Wildman–Crippen MR) is 106 cm³/mol. The molecule has 0 atom stereocenters. The van der Waals surface area contributed by atoms with Crippen LogP contribution in [0, 0.1) is 11.6 Å². The average Bonchev–Trinajstić information content (AvgIpc) is 2.72. The zero-order chi connectivity index (χ0) is 22.4. The van der Waals surface area contributed by atoms with Crippen LogP contribution in [0.1, 0.15) is 16.9 Å². The summed E-state index contributed by atoms with van der Waals surface area (Å²) in [5.74, 6) is -3.74. The largest absolute Gasteiger partial charge is 0.477 e. The number of carboxylic acids is 1. The Hall–Kier alpha value is -4.34. The number of hydrogen-bond donors (Lipinski definition) is 3. The number of halogens is 2. The quantitative estimate of drug-likeness (QED) is 0.494. The van der Waals surface area contributed by atoms with Gasteiger partial charge in [0.25, 0.3) is 0 Å². The second kappa shape index (κ2) is 9.44. The summed E-state index contributed by atoms with van der Waals surface area (Å²) >= 11 is 0. The monoisotopic (exact) mass is 427 g/mol. The highest BCUT2D eigenvalue weighted by Crippen LogP contribution is 2.26. The molecule has 3 rings (SSSR count). The van der Waals surface area contributed by atoms with E-state index in [9.17, 15) is 23.2 Å². The van der Waals surface area contributed by atoms with Gasteiger partial charge in [-0.15, -0.1) is 0 Å². The van der Waals surface area contributed by atoms with Crippen LogP contribution in [-0.2, 0) is 9.59 Å². The number of aromatic nitrogens is 1. The molecule has 8 nitrogen and oxygen atoms in total. The third kappa shape index (κ3) is 6.07.